The van der Waals surface area contributed by atoms with E-state index in [0.29, 0.717) is 11.4 Å². The number of hydrazone groups is 1. The first-order valence-corrected chi connectivity index (χ1v) is 9.78. The third kappa shape index (κ3) is 4.67. The van der Waals surface area contributed by atoms with Crippen LogP contribution in [0.5, 0.6) is 0 Å². The van der Waals surface area contributed by atoms with E-state index in [-0.39, 0.29) is 5.91 Å². The maximum atomic E-state index is 12.3. The standard InChI is InChI=1S/C23H17BrN4O/c24-20(12-16-6-2-1-3-7-16)15-25-28-23(29)22-14-21(26-27-22)19-11-10-17-8-4-5-9-18(17)13-19/h1-15H,(H,26,27)(H,28,29). The Morgan fingerprint density at radius 3 is 2.55 bits per heavy atom. The molecule has 0 unspecified atom stereocenters. The molecular weight excluding hydrogens is 428 g/mol. The van der Waals surface area contributed by atoms with Crippen molar-refractivity contribution < 1.29 is 4.79 Å². The van der Waals surface area contributed by atoms with E-state index in [9.17, 15) is 4.79 Å². The predicted octanol–water partition coefficient (Wildman–Crippen LogP) is 5.38. The molecule has 0 saturated carbocycles. The van der Waals surface area contributed by atoms with Gasteiger partial charge in [0.05, 0.1) is 11.9 Å². The largest absolute Gasteiger partial charge is 0.289 e. The van der Waals surface area contributed by atoms with Crippen LogP contribution in [0.25, 0.3) is 28.1 Å². The van der Waals surface area contributed by atoms with E-state index in [4.69, 9.17) is 0 Å². The summed E-state index contributed by atoms with van der Waals surface area (Å²) in [5.74, 6) is -0.360. The molecule has 3 aromatic carbocycles. The second kappa shape index (κ2) is 8.67. The molecule has 0 aliphatic heterocycles. The maximum Gasteiger partial charge on any atom is 0.289 e. The number of aromatic nitrogens is 2. The van der Waals surface area contributed by atoms with Gasteiger partial charge in [0.15, 0.2) is 0 Å². The van der Waals surface area contributed by atoms with Crippen LogP contribution in [-0.4, -0.2) is 22.3 Å². The van der Waals surface area contributed by atoms with Crippen LogP contribution < -0.4 is 5.43 Å². The number of rotatable bonds is 5. The molecule has 1 amide bonds. The molecule has 0 saturated heterocycles. The zero-order valence-electron chi connectivity index (χ0n) is 15.3. The Hall–Kier alpha value is -3.51. The van der Waals surface area contributed by atoms with Gasteiger partial charge in [-0.05, 0) is 50.5 Å². The van der Waals surface area contributed by atoms with Gasteiger partial charge in [-0.3, -0.25) is 9.89 Å². The van der Waals surface area contributed by atoms with Crippen molar-refractivity contribution in [2.75, 3.05) is 0 Å². The summed E-state index contributed by atoms with van der Waals surface area (Å²) in [7, 11) is 0. The van der Waals surface area contributed by atoms with Gasteiger partial charge in [-0.25, -0.2) is 5.43 Å². The number of nitrogens with one attached hydrogen (secondary N) is 2. The Labute approximate surface area is 176 Å². The fourth-order valence-electron chi connectivity index (χ4n) is 2.89. The fourth-order valence-corrected chi connectivity index (χ4v) is 3.26. The molecule has 1 heterocycles. The fraction of sp³-hybridized carbons (Fsp3) is 0. The van der Waals surface area contributed by atoms with Crippen LogP contribution in [0.15, 0.2) is 88.4 Å². The molecule has 4 rings (SSSR count). The van der Waals surface area contributed by atoms with Crippen LogP contribution >= 0.6 is 15.9 Å². The second-order valence-corrected chi connectivity index (χ2v) is 7.28. The number of carbonyl (C=O) groups is 1. The van der Waals surface area contributed by atoms with Crippen LogP contribution in [-0.2, 0) is 0 Å². The number of H-pyrrole nitrogens is 1. The summed E-state index contributed by atoms with van der Waals surface area (Å²) in [6, 6.07) is 25.7. The van der Waals surface area contributed by atoms with E-state index in [0.717, 1.165) is 26.4 Å². The van der Waals surface area contributed by atoms with Crippen LogP contribution in [0.4, 0.5) is 0 Å². The molecule has 29 heavy (non-hydrogen) atoms. The normalized spacial score (nSPS) is 11.8. The van der Waals surface area contributed by atoms with E-state index in [1.54, 1.807) is 6.07 Å². The van der Waals surface area contributed by atoms with Gasteiger partial charge in [-0.15, -0.1) is 0 Å². The minimum atomic E-state index is -0.360. The van der Waals surface area contributed by atoms with Gasteiger partial charge in [-0.2, -0.15) is 10.2 Å². The summed E-state index contributed by atoms with van der Waals surface area (Å²) in [4.78, 5) is 12.3. The highest BCUT2D eigenvalue weighted by Crippen LogP contribution is 2.23. The Morgan fingerprint density at radius 1 is 0.966 bits per heavy atom. The number of benzene rings is 3. The van der Waals surface area contributed by atoms with Crippen molar-refractivity contribution in [3.05, 3.63) is 94.6 Å². The Morgan fingerprint density at radius 2 is 1.72 bits per heavy atom. The molecule has 2 N–H and O–H groups in total. The number of nitrogens with zero attached hydrogens (tertiary/aromatic N) is 2. The van der Waals surface area contributed by atoms with Crippen molar-refractivity contribution in [3.8, 4) is 11.3 Å². The van der Waals surface area contributed by atoms with Crippen LogP contribution in [0.1, 0.15) is 16.1 Å². The summed E-state index contributed by atoms with van der Waals surface area (Å²) < 4.78 is 0.741. The van der Waals surface area contributed by atoms with E-state index in [1.165, 1.54) is 6.21 Å². The predicted molar refractivity (Wildman–Crippen MR) is 121 cm³/mol. The monoisotopic (exact) mass is 444 g/mol. The molecule has 0 atom stereocenters. The zero-order chi connectivity index (χ0) is 20.1. The number of fused-ring (bicyclic) bond motifs is 1. The van der Waals surface area contributed by atoms with Crippen molar-refractivity contribution in [2.45, 2.75) is 0 Å². The first kappa shape index (κ1) is 18.8. The van der Waals surface area contributed by atoms with Crippen LogP contribution in [0.3, 0.4) is 0 Å². The molecule has 5 nitrogen and oxygen atoms in total. The van der Waals surface area contributed by atoms with Crippen molar-refractivity contribution in [2.24, 2.45) is 5.10 Å². The SMILES string of the molecule is O=C(NN=CC(Br)=Cc1ccccc1)c1cc(-c2ccc3ccccc3c2)n[nH]1. The lowest BCUT2D eigenvalue weighted by molar-refractivity contribution is 0.0950. The van der Waals surface area contributed by atoms with Gasteiger partial charge in [0, 0.05) is 10.0 Å². The number of allylic oxidation sites excluding steroid dienone is 1. The first-order chi connectivity index (χ1) is 14.2. The molecule has 142 valence electrons. The summed E-state index contributed by atoms with van der Waals surface area (Å²) in [6.45, 7) is 0. The molecular formula is C23H17BrN4O. The molecule has 0 spiro atoms. The van der Waals surface area contributed by atoms with Gasteiger partial charge >= 0.3 is 0 Å². The lowest BCUT2D eigenvalue weighted by Crippen LogP contribution is -2.17. The molecule has 0 bridgehead atoms. The van der Waals surface area contributed by atoms with E-state index in [2.05, 4.69) is 54.9 Å². The topological polar surface area (TPSA) is 70.1 Å². The van der Waals surface area contributed by atoms with E-state index in [1.807, 2.05) is 60.7 Å². The van der Waals surface area contributed by atoms with Gasteiger partial charge < -0.3 is 0 Å². The van der Waals surface area contributed by atoms with Crippen LogP contribution in [0.2, 0.25) is 0 Å². The van der Waals surface area contributed by atoms with E-state index < -0.39 is 0 Å². The number of carbonyl (C=O) groups excluding carboxylic acids is 1. The number of aromatic amines is 1. The summed E-state index contributed by atoms with van der Waals surface area (Å²) >= 11 is 3.42. The highest BCUT2D eigenvalue weighted by atomic mass is 79.9. The molecule has 4 aromatic rings. The Kier molecular flexibility index (Phi) is 5.63. The molecule has 0 aliphatic carbocycles. The maximum absolute atomic E-state index is 12.3. The number of hydrogen-bond acceptors (Lipinski definition) is 3. The Balaban J connectivity index is 1.43. The zero-order valence-corrected chi connectivity index (χ0v) is 16.9. The smallest absolute Gasteiger partial charge is 0.272 e. The van der Waals surface area contributed by atoms with E-state index >= 15 is 0 Å². The van der Waals surface area contributed by atoms with Gasteiger partial charge in [0.2, 0.25) is 0 Å². The third-order valence-corrected chi connectivity index (χ3v) is 4.76. The molecule has 0 fully saturated rings. The lowest BCUT2D eigenvalue weighted by Gasteiger charge is -2.00. The summed E-state index contributed by atoms with van der Waals surface area (Å²) in [5, 5.41) is 13.3. The van der Waals surface area contributed by atoms with Crippen molar-refractivity contribution >= 4 is 44.9 Å². The van der Waals surface area contributed by atoms with Crippen LogP contribution in [0, 0.1) is 0 Å². The van der Waals surface area contributed by atoms with Crippen molar-refractivity contribution in [1.82, 2.24) is 15.6 Å². The minimum Gasteiger partial charge on any atom is -0.272 e. The van der Waals surface area contributed by atoms with Crippen molar-refractivity contribution in [3.63, 3.8) is 0 Å². The van der Waals surface area contributed by atoms with Gasteiger partial charge in [-0.1, -0.05) is 66.7 Å². The highest BCUT2D eigenvalue weighted by Gasteiger charge is 2.10. The average molecular weight is 445 g/mol. The lowest BCUT2D eigenvalue weighted by atomic mass is 10.1. The van der Waals surface area contributed by atoms with Crippen molar-refractivity contribution in [1.29, 1.82) is 0 Å². The summed E-state index contributed by atoms with van der Waals surface area (Å²) in [6.07, 6.45) is 3.44. The quantitative estimate of drug-likeness (QED) is 0.320. The molecule has 1 aromatic heterocycles. The van der Waals surface area contributed by atoms with Gasteiger partial charge in [0.1, 0.15) is 5.69 Å². The number of halogens is 1. The average Bonchev–Trinajstić information content (AvgIpc) is 3.24. The Bertz CT molecular complexity index is 1210. The van der Waals surface area contributed by atoms with Gasteiger partial charge in [0.25, 0.3) is 5.91 Å². The second-order valence-electron chi connectivity index (χ2n) is 6.37. The summed E-state index contributed by atoms with van der Waals surface area (Å²) in [5.41, 5.74) is 5.52. The molecule has 0 aliphatic rings. The number of hydrogen-bond donors (Lipinski definition) is 2. The highest BCUT2D eigenvalue weighted by molar-refractivity contribution is 9.12. The first-order valence-electron chi connectivity index (χ1n) is 8.99. The molecule has 6 heteroatoms. The minimum absolute atomic E-state index is 0.341. The number of amides is 1. The third-order valence-electron chi connectivity index (χ3n) is 4.33. The molecule has 0 radical (unpaired) electrons.